The Labute approximate surface area is 85.6 Å². The molecule has 2 rings (SSSR count). The van der Waals surface area contributed by atoms with Crippen LogP contribution in [0.15, 0.2) is 11.7 Å². The van der Waals surface area contributed by atoms with Gasteiger partial charge in [-0.2, -0.15) is 0 Å². The van der Waals surface area contributed by atoms with E-state index in [2.05, 4.69) is 15.2 Å². The summed E-state index contributed by atoms with van der Waals surface area (Å²) in [6.45, 7) is 0.627. The van der Waals surface area contributed by atoms with Crippen LogP contribution >= 0.6 is 11.3 Å². The van der Waals surface area contributed by atoms with E-state index >= 15 is 0 Å². The minimum atomic E-state index is 0.627. The average Bonchev–Trinajstić information content (AvgIpc) is 2.74. The Hall–Kier alpha value is -1.27. The van der Waals surface area contributed by atoms with Crippen LogP contribution in [0.25, 0.3) is 10.8 Å². The first kappa shape index (κ1) is 9.29. The van der Waals surface area contributed by atoms with Crippen molar-refractivity contribution >= 4 is 11.3 Å². The fraction of sp³-hybridized carbons (Fsp3) is 0.375. The van der Waals surface area contributed by atoms with Gasteiger partial charge in [-0.05, 0) is 6.54 Å². The Bertz CT molecular complexity index is 419. The lowest BCUT2D eigenvalue weighted by atomic mass is 10.3. The second-order valence-electron chi connectivity index (χ2n) is 2.95. The molecule has 74 valence electrons. The van der Waals surface area contributed by atoms with Crippen LogP contribution in [0.5, 0.6) is 0 Å². The van der Waals surface area contributed by atoms with Crippen molar-refractivity contribution in [2.45, 2.75) is 6.42 Å². The van der Waals surface area contributed by atoms with Crippen LogP contribution in [-0.2, 0) is 13.5 Å². The van der Waals surface area contributed by atoms with Crippen molar-refractivity contribution in [3.05, 3.63) is 17.4 Å². The standard InChI is InChI=1S/C8H11N5S/c1-13-5-10-12-7(13)8-11-6(2-3-9)4-14-8/h4-5H,2-3,9H2,1H3. The molecule has 0 spiro atoms. The Morgan fingerprint density at radius 2 is 2.43 bits per heavy atom. The van der Waals surface area contributed by atoms with E-state index in [9.17, 15) is 0 Å². The first-order valence-electron chi connectivity index (χ1n) is 4.30. The number of thiazole rings is 1. The third-order valence-electron chi connectivity index (χ3n) is 1.85. The summed E-state index contributed by atoms with van der Waals surface area (Å²) >= 11 is 1.57. The van der Waals surface area contributed by atoms with Crippen molar-refractivity contribution in [1.29, 1.82) is 0 Å². The van der Waals surface area contributed by atoms with Gasteiger partial charge in [0.2, 0.25) is 0 Å². The molecule has 0 aliphatic rings. The molecule has 14 heavy (non-hydrogen) atoms. The van der Waals surface area contributed by atoms with Gasteiger partial charge in [-0.3, -0.25) is 0 Å². The van der Waals surface area contributed by atoms with Crippen LogP contribution in [0.2, 0.25) is 0 Å². The highest BCUT2D eigenvalue weighted by molar-refractivity contribution is 7.13. The summed E-state index contributed by atoms with van der Waals surface area (Å²) in [7, 11) is 1.90. The molecule has 0 saturated carbocycles. The number of aryl methyl sites for hydroxylation is 1. The lowest BCUT2D eigenvalue weighted by Crippen LogP contribution is -2.02. The van der Waals surface area contributed by atoms with E-state index < -0.39 is 0 Å². The van der Waals surface area contributed by atoms with Crippen molar-refractivity contribution in [2.24, 2.45) is 12.8 Å². The number of nitrogens with zero attached hydrogens (tertiary/aromatic N) is 4. The molecule has 0 radical (unpaired) electrons. The van der Waals surface area contributed by atoms with Gasteiger partial charge in [0.1, 0.15) is 6.33 Å². The van der Waals surface area contributed by atoms with E-state index in [0.717, 1.165) is 22.9 Å². The van der Waals surface area contributed by atoms with Crippen LogP contribution in [-0.4, -0.2) is 26.3 Å². The molecule has 0 amide bonds. The molecule has 0 saturated heterocycles. The number of hydrogen-bond acceptors (Lipinski definition) is 5. The van der Waals surface area contributed by atoms with E-state index in [1.165, 1.54) is 0 Å². The first-order valence-corrected chi connectivity index (χ1v) is 5.18. The van der Waals surface area contributed by atoms with Crippen LogP contribution in [0.1, 0.15) is 5.69 Å². The van der Waals surface area contributed by atoms with E-state index in [1.807, 2.05) is 17.0 Å². The number of nitrogens with two attached hydrogens (primary N) is 1. The van der Waals surface area contributed by atoms with Crippen LogP contribution < -0.4 is 5.73 Å². The first-order chi connectivity index (χ1) is 6.81. The van der Waals surface area contributed by atoms with Gasteiger partial charge in [-0.25, -0.2) is 4.98 Å². The molecule has 0 fully saturated rings. The minimum absolute atomic E-state index is 0.627. The Morgan fingerprint density at radius 3 is 3.07 bits per heavy atom. The summed E-state index contributed by atoms with van der Waals surface area (Å²) in [5, 5.41) is 10.7. The maximum Gasteiger partial charge on any atom is 0.192 e. The zero-order chi connectivity index (χ0) is 9.97. The van der Waals surface area contributed by atoms with Crippen LogP contribution in [0.4, 0.5) is 0 Å². The Balaban J connectivity index is 2.29. The van der Waals surface area contributed by atoms with E-state index in [-0.39, 0.29) is 0 Å². The Kier molecular flexibility index (Phi) is 2.55. The molecule has 0 aliphatic heterocycles. The highest BCUT2D eigenvalue weighted by Crippen LogP contribution is 2.20. The van der Waals surface area contributed by atoms with Gasteiger partial charge in [0.15, 0.2) is 10.8 Å². The lowest BCUT2D eigenvalue weighted by molar-refractivity contribution is 0.907. The molecule has 2 aromatic heterocycles. The van der Waals surface area contributed by atoms with Crippen molar-refractivity contribution in [1.82, 2.24) is 19.7 Å². The van der Waals surface area contributed by atoms with Gasteiger partial charge >= 0.3 is 0 Å². The molecule has 2 aromatic rings. The van der Waals surface area contributed by atoms with Gasteiger partial charge < -0.3 is 10.3 Å². The molecule has 2 N–H and O–H groups in total. The zero-order valence-electron chi connectivity index (χ0n) is 7.84. The second-order valence-corrected chi connectivity index (χ2v) is 3.81. The largest absolute Gasteiger partial charge is 0.330 e. The third-order valence-corrected chi connectivity index (χ3v) is 2.74. The van der Waals surface area contributed by atoms with E-state index in [4.69, 9.17) is 5.73 Å². The molecular formula is C8H11N5S. The highest BCUT2D eigenvalue weighted by atomic mass is 32.1. The SMILES string of the molecule is Cn1cnnc1-c1nc(CCN)cs1. The fourth-order valence-corrected chi connectivity index (χ4v) is 2.03. The van der Waals surface area contributed by atoms with Crippen molar-refractivity contribution in [3.63, 3.8) is 0 Å². The summed E-state index contributed by atoms with van der Waals surface area (Å²) < 4.78 is 1.85. The predicted molar refractivity (Wildman–Crippen MR) is 54.9 cm³/mol. The van der Waals surface area contributed by atoms with Gasteiger partial charge in [-0.15, -0.1) is 21.5 Å². The lowest BCUT2D eigenvalue weighted by Gasteiger charge is -1.93. The fourth-order valence-electron chi connectivity index (χ4n) is 1.15. The van der Waals surface area contributed by atoms with Crippen molar-refractivity contribution in [2.75, 3.05) is 6.54 Å². The van der Waals surface area contributed by atoms with Crippen LogP contribution in [0.3, 0.4) is 0 Å². The molecule has 0 bridgehead atoms. The van der Waals surface area contributed by atoms with Gasteiger partial charge in [0.05, 0.1) is 5.69 Å². The topological polar surface area (TPSA) is 69.6 Å². The molecule has 0 aromatic carbocycles. The normalized spacial score (nSPS) is 10.7. The molecule has 6 heteroatoms. The molecular weight excluding hydrogens is 198 g/mol. The molecule has 2 heterocycles. The number of hydrogen-bond donors (Lipinski definition) is 1. The van der Waals surface area contributed by atoms with Gasteiger partial charge in [-0.1, -0.05) is 0 Å². The molecule has 5 nitrogen and oxygen atoms in total. The molecule has 0 aliphatic carbocycles. The maximum atomic E-state index is 5.45. The van der Waals surface area contributed by atoms with Crippen molar-refractivity contribution in [3.8, 4) is 10.8 Å². The number of aromatic nitrogens is 4. The average molecular weight is 209 g/mol. The van der Waals surface area contributed by atoms with Crippen molar-refractivity contribution < 1.29 is 0 Å². The zero-order valence-corrected chi connectivity index (χ0v) is 8.66. The minimum Gasteiger partial charge on any atom is -0.330 e. The number of rotatable bonds is 3. The monoisotopic (exact) mass is 209 g/mol. The summed E-state index contributed by atoms with van der Waals surface area (Å²) in [4.78, 5) is 4.42. The molecule has 0 unspecified atom stereocenters. The summed E-state index contributed by atoms with van der Waals surface area (Å²) in [6, 6.07) is 0. The predicted octanol–water partition coefficient (Wildman–Crippen LogP) is 0.440. The maximum absolute atomic E-state index is 5.45. The van der Waals surface area contributed by atoms with Gasteiger partial charge in [0.25, 0.3) is 0 Å². The third kappa shape index (κ3) is 1.66. The highest BCUT2D eigenvalue weighted by Gasteiger charge is 2.08. The van der Waals surface area contributed by atoms with E-state index in [1.54, 1.807) is 17.7 Å². The Morgan fingerprint density at radius 1 is 1.57 bits per heavy atom. The second kappa shape index (κ2) is 3.85. The summed E-state index contributed by atoms with van der Waals surface area (Å²) in [5.74, 6) is 0.804. The van der Waals surface area contributed by atoms with Gasteiger partial charge in [0, 0.05) is 18.8 Å². The summed E-state index contributed by atoms with van der Waals surface area (Å²) in [5.41, 5.74) is 6.47. The quantitative estimate of drug-likeness (QED) is 0.796. The smallest absolute Gasteiger partial charge is 0.192 e. The van der Waals surface area contributed by atoms with E-state index in [0.29, 0.717) is 6.54 Å². The summed E-state index contributed by atoms with van der Waals surface area (Å²) in [6.07, 6.45) is 2.48. The van der Waals surface area contributed by atoms with Crippen LogP contribution in [0, 0.1) is 0 Å². The molecule has 0 atom stereocenters.